The number of carbonyl (C=O) groups excluding carboxylic acids is 2. The van der Waals surface area contributed by atoms with E-state index < -0.39 is 45.3 Å². The van der Waals surface area contributed by atoms with Crippen molar-refractivity contribution in [2.24, 2.45) is 0 Å². The van der Waals surface area contributed by atoms with Crippen LogP contribution in [0.1, 0.15) is 32.6 Å². The van der Waals surface area contributed by atoms with E-state index in [4.69, 9.17) is 23.2 Å². The molecule has 0 radical (unpaired) electrons. The van der Waals surface area contributed by atoms with Crippen LogP contribution in [0.4, 0.5) is 8.78 Å². The molecule has 4 rings (SSSR count). The lowest BCUT2D eigenvalue weighted by molar-refractivity contribution is -0.139. The molecule has 1 heterocycles. The molecule has 2 amide bonds. The van der Waals surface area contributed by atoms with Crippen LogP contribution in [0.5, 0.6) is 0 Å². The van der Waals surface area contributed by atoms with Gasteiger partial charge in [0.05, 0.1) is 20.5 Å². The first-order valence-corrected chi connectivity index (χ1v) is 15.1. The van der Waals surface area contributed by atoms with Crippen molar-refractivity contribution in [1.82, 2.24) is 10.2 Å². The Morgan fingerprint density at radius 3 is 2.40 bits per heavy atom. The molecule has 1 atom stereocenters. The summed E-state index contributed by atoms with van der Waals surface area (Å²) in [6.45, 7) is 0.251. The van der Waals surface area contributed by atoms with Gasteiger partial charge < -0.3 is 15.3 Å². The summed E-state index contributed by atoms with van der Waals surface area (Å²) in [4.78, 5) is 39.3. The van der Waals surface area contributed by atoms with Gasteiger partial charge in [-0.25, -0.2) is 22.0 Å². The smallest absolute Gasteiger partial charge is 0.326 e. The fourth-order valence-electron chi connectivity index (χ4n) is 4.55. The zero-order valence-electron chi connectivity index (χ0n) is 22.0. The van der Waals surface area contributed by atoms with Gasteiger partial charge in [-0.1, -0.05) is 41.4 Å². The number of carboxylic acid groups (broad SMARTS) is 1. The highest BCUT2D eigenvalue weighted by molar-refractivity contribution is 7.90. The van der Waals surface area contributed by atoms with Gasteiger partial charge in [0.1, 0.15) is 17.7 Å². The Kier molecular flexibility index (Phi) is 9.34. The van der Waals surface area contributed by atoms with Crippen LogP contribution in [0.15, 0.2) is 59.5 Å². The van der Waals surface area contributed by atoms with Gasteiger partial charge in [-0.15, -0.1) is 0 Å². The lowest BCUT2D eigenvalue weighted by Crippen LogP contribution is -2.42. The highest BCUT2D eigenvalue weighted by atomic mass is 35.5. The van der Waals surface area contributed by atoms with E-state index in [0.29, 0.717) is 16.7 Å². The maximum atomic E-state index is 13.9. The number of aliphatic carboxylic acids is 1. The molecule has 13 heteroatoms. The highest BCUT2D eigenvalue weighted by Gasteiger charge is 2.29. The summed E-state index contributed by atoms with van der Waals surface area (Å²) in [6, 6.07) is 9.16. The van der Waals surface area contributed by atoms with Crippen LogP contribution in [0.25, 0.3) is 6.08 Å². The van der Waals surface area contributed by atoms with E-state index in [-0.39, 0.29) is 52.0 Å². The van der Waals surface area contributed by atoms with E-state index in [1.165, 1.54) is 35.2 Å². The van der Waals surface area contributed by atoms with Gasteiger partial charge in [0.2, 0.25) is 5.91 Å². The van der Waals surface area contributed by atoms with Crippen molar-refractivity contribution in [1.29, 1.82) is 0 Å². The molecule has 0 aliphatic carbocycles. The van der Waals surface area contributed by atoms with Crippen LogP contribution >= 0.6 is 23.2 Å². The normalized spacial score (nSPS) is 14.0. The lowest BCUT2D eigenvalue weighted by Gasteiger charge is -2.29. The van der Waals surface area contributed by atoms with Crippen LogP contribution in [0, 0.1) is 11.6 Å². The maximum absolute atomic E-state index is 13.9. The van der Waals surface area contributed by atoms with Gasteiger partial charge in [0.25, 0.3) is 5.91 Å². The minimum absolute atomic E-state index is 0.00859. The van der Waals surface area contributed by atoms with Crippen molar-refractivity contribution in [2.45, 2.75) is 30.3 Å². The number of hydrogen-bond donors (Lipinski definition) is 2. The molecule has 0 unspecified atom stereocenters. The van der Waals surface area contributed by atoms with E-state index in [9.17, 15) is 36.7 Å². The number of rotatable bonds is 8. The molecule has 1 aliphatic heterocycles. The van der Waals surface area contributed by atoms with Crippen molar-refractivity contribution in [3.05, 3.63) is 104 Å². The van der Waals surface area contributed by atoms with Crippen molar-refractivity contribution in [3.8, 4) is 0 Å². The zero-order valence-corrected chi connectivity index (χ0v) is 24.4. The molecule has 2 N–H and O–H groups in total. The second kappa shape index (κ2) is 12.6. The van der Waals surface area contributed by atoms with E-state index in [1.807, 2.05) is 0 Å². The molecule has 8 nitrogen and oxygen atoms in total. The number of hydrogen-bond acceptors (Lipinski definition) is 5. The van der Waals surface area contributed by atoms with Crippen LogP contribution in [-0.4, -0.2) is 55.1 Å². The SMILES string of the molecule is CS(=O)(=O)c1cccc(C[C@H](NC(=O)c2c(Cl)cc3c(c2Cl)CCN(C(=O)/C=C/c2c(F)cccc2F)C3)C(=O)O)c1. The third-order valence-corrected chi connectivity index (χ3v) is 8.53. The summed E-state index contributed by atoms with van der Waals surface area (Å²) in [6.07, 6.45) is 3.19. The summed E-state index contributed by atoms with van der Waals surface area (Å²) in [5, 5.41) is 12.1. The fourth-order valence-corrected chi connectivity index (χ4v) is 6.00. The number of carbonyl (C=O) groups is 3. The molecule has 3 aromatic carbocycles. The molecule has 0 spiro atoms. The number of amides is 2. The number of fused-ring (bicyclic) bond motifs is 1. The molecule has 220 valence electrons. The second-order valence-electron chi connectivity index (χ2n) is 9.65. The molecule has 42 heavy (non-hydrogen) atoms. The first kappa shape index (κ1) is 31.1. The number of carboxylic acids is 1. The fraction of sp³-hybridized carbons (Fsp3) is 0.207. The molecule has 0 saturated heterocycles. The Labute approximate surface area is 250 Å². The minimum atomic E-state index is -3.52. The first-order chi connectivity index (χ1) is 19.8. The Balaban J connectivity index is 1.51. The Hall–Kier alpha value is -3.80. The predicted molar refractivity (Wildman–Crippen MR) is 153 cm³/mol. The Bertz CT molecular complexity index is 1710. The predicted octanol–water partition coefficient (Wildman–Crippen LogP) is 4.70. The highest BCUT2D eigenvalue weighted by Crippen LogP contribution is 2.35. The van der Waals surface area contributed by atoms with Gasteiger partial charge in [0, 0.05) is 37.4 Å². The Morgan fingerprint density at radius 2 is 1.76 bits per heavy atom. The molecule has 3 aromatic rings. The minimum Gasteiger partial charge on any atom is -0.480 e. The third-order valence-electron chi connectivity index (χ3n) is 6.71. The number of benzene rings is 3. The Morgan fingerprint density at radius 1 is 1.10 bits per heavy atom. The summed E-state index contributed by atoms with van der Waals surface area (Å²) < 4.78 is 51.5. The van der Waals surface area contributed by atoms with Crippen molar-refractivity contribution >= 4 is 56.9 Å². The number of nitrogens with one attached hydrogen (secondary N) is 1. The summed E-state index contributed by atoms with van der Waals surface area (Å²) in [5.41, 5.74) is 1.01. The molecule has 0 aromatic heterocycles. The van der Waals surface area contributed by atoms with Gasteiger partial charge in [0.15, 0.2) is 9.84 Å². The number of halogens is 4. The molecule has 0 bridgehead atoms. The van der Waals surface area contributed by atoms with Gasteiger partial charge in [-0.2, -0.15) is 0 Å². The average molecular weight is 637 g/mol. The van der Waals surface area contributed by atoms with Gasteiger partial charge >= 0.3 is 5.97 Å². The van der Waals surface area contributed by atoms with E-state index in [1.54, 1.807) is 6.07 Å². The molecule has 0 saturated carbocycles. The standard InChI is InChI=1S/C29H24Cl2F2N2O6S/c1-42(40,41)18-5-2-4-16(12-18)13-24(29(38)39)34-28(37)26-21(30)14-17-15-35(11-10-19(17)27(26)31)25(36)9-8-20-22(32)6-3-7-23(20)33/h2-9,12,14,24H,10-11,13,15H2,1H3,(H,34,37)(H,38,39)/b9-8+/t24-/m0/s1. The van der Waals surface area contributed by atoms with Crippen molar-refractivity contribution in [3.63, 3.8) is 0 Å². The average Bonchev–Trinajstić information content (AvgIpc) is 2.91. The van der Waals surface area contributed by atoms with Crippen molar-refractivity contribution < 1.29 is 36.7 Å². The number of nitrogens with zero attached hydrogens (tertiary/aromatic N) is 1. The van der Waals surface area contributed by atoms with Gasteiger partial charge in [-0.05, 0) is 59.5 Å². The molecule has 0 fully saturated rings. The molecule has 1 aliphatic rings. The summed E-state index contributed by atoms with van der Waals surface area (Å²) in [7, 11) is -3.52. The summed E-state index contributed by atoms with van der Waals surface area (Å²) >= 11 is 13.0. The van der Waals surface area contributed by atoms with E-state index in [2.05, 4.69) is 5.32 Å². The first-order valence-electron chi connectivity index (χ1n) is 12.5. The largest absolute Gasteiger partial charge is 0.480 e. The third kappa shape index (κ3) is 6.97. The van der Waals surface area contributed by atoms with Crippen LogP contribution in [0.3, 0.4) is 0 Å². The maximum Gasteiger partial charge on any atom is 0.326 e. The number of sulfone groups is 1. The van der Waals surface area contributed by atoms with E-state index >= 15 is 0 Å². The molecular formula is C29H24Cl2F2N2O6S. The van der Waals surface area contributed by atoms with E-state index in [0.717, 1.165) is 30.5 Å². The summed E-state index contributed by atoms with van der Waals surface area (Å²) in [5.74, 6) is -4.30. The van der Waals surface area contributed by atoms with Crippen molar-refractivity contribution in [2.75, 3.05) is 12.8 Å². The van der Waals surface area contributed by atoms with Crippen LogP contribution in [0.2, 0.25) is 10.0 Å². The van der Waals surface area contributed by atoms with Crippen LogP contribution in [-0.2, 0) is 38.8 Å². The van der Waals surface area contributed by atoms with Gasteiger partial charge in [-0.3, -0.25) is 9.59 Å². The quantitative estimate of drug-likeness (QED) is 0.346. The molecular weight excluding hydrogens is 613 g/mol. The lowest BCUT2D eigenvalue weighted by atomic mass is 9.96. The second-order valence-corrected chi connectivity index (χ2v) is 12.5. The van der Waals surface area contributed by atoms with Crippen LogP contribution < -0.4 is 5.32 Å². The topological polar surface area (TPSA) is 121 Å². The zero-order chi connectivity index (χ0) is 30.8. The monoisotopic (exact) mass is 636 g/mol.